The lowest BCUT2D eigenvalue weighted by molar-refractivity contribution is -0.251. The summed E-state index contributed by atoms with van der Waals surface area (Å²) in [5.74, 6) is 0. The summed E-state index contributed by atoms with van der Waals surface area (Å²) in [5.41, 5.74) is 0. The molecule has 4 atom stereocenters. The Labute approximate surface area is 63.8 Å². The second-order valence-electron chi connectivity index (χ2n) is 2.62. The Morgan fingerprint density at radius 1 is 1.27 bits per heavy atom. The molecule has 11 heavy (non-hydrogen) atoms. The van der Waals surface area contributed by atoms with E-state index in [1.54, 1.807) is 0 Å². The van der Waals surface area contributed by atoms with E-state index in [0.717, 1.165) is 0 Å². The van der Waals surface area contributed by atoms with E-state index in [4.69, 9.17) is 25.2 Å². The quantitative estimate of drug-likeness (QED) is 0.353. The predicted molar refractivity (Wildman–Crippen MR) is 34.6 cm³/mol. The third-order valence-electron chi connectivity index (χ3n) is 1.73. The molecule has 1 unspecified atom stereocenters. The van der Waals surface area contributed by atoms with Gasteiger partial charge in [-0.2, -0.15) is 0 Å². The minimum Gasteiger partial charge on any atom is -0.394 e. The lowest BCUT2D eigenvalue weighted by Crippen LogP contribution is -2.49. The fraction of sp³-hybridized carbons (Fsp3) is 1.00. The Balaban J connectivity index is 2.47. The standard InChI is InChI=1S/C6H12O5/c7-2-3-1-4(8)5(9)6(10)11-3/h3-10H,1-2H2/t3-,4+,5+,6?/m0/s1. The molecule has 1 aliphatic rings. The average Bonchev–Trinajstić information content (AvgIpc) is 1.99. The minimum atomic E-state index is -1.39. The first kappa shape index (κ1) is 8.89. The first-order valence-corrected chi connectivity index (χ1v) is 3.45. The fourth-order valence-electron chi connectivity index (χ4n) is 1.05. The van der Waals surface area contributed by atoms with Crippen LogP contribution in [0.2, 0.25) is 0 Å². The maximum absolute atomic E-state index is 9.05. The summed E-state index contributed by atoms with van der Waals surface area (Å²) in [7, 11) is 0. The van der Waals surface area contributed by atoms with Gasteiger partial charge >= 0.3 is 0 Å². The van der Waals surface area contributed by atoms with Gasteiger partial charge in [-0.1, -0.05) is 0 Å². The van der Waals surface area contributed by atoms with Gasteiger partial charge in [0, 0.05) is 6.42 Å². The van der Waals surface area contributed by atoms with Gasteiger partial charge in [-0.3, -0.25) is 0 Å². The highest BCUT2D eigenvalue weighted by Crippen LogP contribution is 2.17. The third-order valence-corrected chi connectivity index (χ3v) is 1.73. The van der Waals surface area contributed by atoms with E-state index >= 15 is 0 Å². The molecule has 1 heterocycles. The molecule has 0 aromatic rings. The number of hydrogen-bond donors (Lipinski definition) is 4. The van der Waals surface area contributed by atoms with Crippen LogP contribution in [0, 0.1) is 0 Å². The van der Waals surface area contributed by atoms with Crippen LogP contribution in [0.15, 0.2) is 0 Å². The molecule has 0 amide bonds. The molecule has 5 heteroatoms. The smallest absolute Gasteiger partial charge is 0.183 e. The third kappa shape index (κ3) is 1.88. The first-order valence-electron chi connectivity index (χ1n) is 3.45. The van der Waals surface area contributed by atoms with Gasteiger partial charge in [-0.15, -0.1) is 0 Å². The molecule has 66 valence electrons. The largest absolute Gasteiger partial charge is 0.394 e. The van der Waals surface area contributed by atoms with Crippen molar-refractivity contribution in [3.8, 4) is 0 Å². The molecule has 4 N–H and O–H groups in total. The molecule has 0 radical (unpaired) electrons. The summed E-state index contributed by atoms with van der Waals surface area (Å²) in [6.07, 6.45) is -4.11. The number of hydrogen-bond acceptors (Lipinski definition) is 5. The lowest BCUT2D eigenvalue weighted by Gasteiger charge is -2.33. The van der Waals surface area contributed by atoms with E-state index in [9.17, 15) is 0 Å². The van der Waals surface area contributed by atoms with Gasteiger partial charge in [0.1, 0.15) is 6.10 Å². The van der Waals surface area contributed by atoms with Crippen LogP contribution in [0.5, 0.6) is 0 Å². The highest BCUT2D eigenvalue weighted by Gasteiger charge is 2.34. The predicted octanol–water partition coefficient (Wildman–Crippen LogP) is -2.19. The second kappa shape index (κ2) is 3.46. The van der Waals surface area contributed by atoms with Crippen molar-refractivity contribution in [2.45, 2.75) is 31.0 Å². The van der Waals surface area contributed by atoms with Crippen LogP contribution in [0.1, 0.15) is 6.42 Å². The van der Waals surface area contributed by atoms with Gasteiger partial charge in [-0.25, -0.2) is 0 Å². The zero-order valence-corrected chi connectivity index (χ0v) is 5.92. The lowest BCUT2D eigenvalue weighted by atomic mass is 10.0. The van der Waals surface area contributed by atoms with Crippen LogP contribution in [-0.2, 0) is 4.74 Å². The van der Waals surface area contributed by atoms with Gasteiger partial charge in [0.05, 0.1) is 18.8 Å². The summed E-state index contributed by atoms with van der Waals surface area (Å²) in [6, 6.07) is 0. The van der Waals surface area contributed by atoms with Gasteiger partial charge < -0.3 is 25.2 Å². The van der Waals surface area contributed by atoms with Crippen molar-refractivity contribution in [3.63, 3.8) is 0 Å². The highest BCUT2D eigenvalue weighted by molar-refractivity contribution is 4.79. The molecule has 0 aliphatic carbocycles. The topological polar surface area (TPSA) is 90.2 Å². The van der Waals surface area contributed by atoms with Gasteiger partial charge in [0.25, 0.3) is 0 Å². The number of rotatable bonds is 1. The molecule has 1 rings (SSSR count). The Morgan fingerprint density at radius 3 is 2.36 bits per heavy atom. The van der Waals surface area contributed by atoms with Gasteiger partial charge in [-0.05, 0) is 0 Å². The molecule has 1 fully saturated rings. The van der Waals surface area contributed by atoms with Crippen LogP contribution in [0.4, 0.5) is 0 Å². The zero-order valence-electron chi connectivity index (χ0n) is 5.92. The number of ether oxygens (including phenoxy) is 1. The van der Waals surface area contributed by atoms with Crippen molar-refractivity contribution < 1.29 is 25.2 Å². The number of aliphatic hydroxyl groups excluding tert-OH is 4. The molecule has 0 saturated carbocycles. The van der Waals surface area contributed by atoms with Gasteiger partial charge in [0.15, 0.2) is 6.29 Å². The molecule has 0 aromatic carbocycles. The van der Waals surface area contributed by atoms with Crippen LogP contribution < -0.4 is 0 Å². The monoisotopic (exact) mass is 164 g/mol. The van der Waals surface area contributed by atoms with Crippen molar-refractivity contribution in [3.05, 3.63) is 0 Å². The maximum atomic E-state index is 9.05. The van der Waals surface area contributed by atoms with E-state index in [0.29, 0.717) is 0 Å². The van der Waals surface area contributed by atoms with E-state index in [1.807, 2.05) is 0 Å². The average molecular weight is 164 g/mol. The van der Waals surface area contributed by atoms with Crippen molar-refractivity contribution in [1.82, 2.24) is 0 Å². The second-order valence-corrected chi connectivity index (χ2v) is 2.62. The fourth-order valence-corrected chi connectivity index (χ4v) is 1.05. The molecule has 0 aromatic heterocycles. The van der Waals surface area contributed by atoms with E-state index in [-0.39, 0.29) is 13.0 Å². The van der Waals surface area contributed by atoms with Crippen molar-refractivity contribution >= 4 is 0 Å². The number of aliphatic hydroxyl groups is 4. The molecule has 1 saturated heterocycles. The Kier molecular flexibility index (Phi) is 2.80. The van der Waals surface area contributed by atoms with Crippen LogP contribution in [0.25, 0.3) is 0 Å². The Morgan fingerprint density at radius 2 is 1.91 bits per heavy atom. The van der Waals surface area contributed by atoms with Crippen molar-refractivity contribution in [2.75, 3.05) is 6.61 Å². The SMILES string of the molecule is OC[C@@H]1C[C@@H](O)[C@@H](O)C(O)O1. The summed E-state index contributed by atoms with van der Waals surface area (Å²) in [4.78, 5) is 0. The van der Waals surface area contributed by atoms with Crippen LogP contribution in [0.3, 0.4) is 0 Å². The van der Waals surface area contributed by atoms with Crippen LogP contribution in [-0.4, -0.2) is 51.6 Å². The maximum Gasteiger partial charge on any atom is 0.183 e. The summed E-state index contributed by atoms with van der Waals surface area (Å²) in [6.45, 7) is -0.263. The van der Waals surface area contributed by atoms with Crippen molar-refractivity contribution in [2.24, 2.45) is 0 Å². The van der Waals surface area contributed by atoms with Crippen molar-refractivity contribution in [1.29, 1.82) is 0 Å². The molecule has 0 bridgehead atoms. The van der Waals surface area contributed by atoms with E-state index in [2.05, 4.69) is 0 Å². The Bertz CT molecular complexity index is 116. The van der Waals surface area contributed by atoms with E-state index in [1.165, 1.54) is 0 Å². The zero-order chi connectivity index (χ0) is 8.43. The molecule has 5 nitrogen and oxygen atoms in total. The molecular formula is C6H12O5. The van der Waals surface area contributed by atoms with E-state index < -0.39 is 24.6 Å². The van der Waals surface area contributed by atoms with Crippen LogP contribution >= 0.6 is 0 Å². The summed E-state index contributed by atoms with van der Waals surface area (Å²) in [5, 5.41) is 35.5. The summed E-state index contributed by atoms with van der Waals surface area (Å²) >= 11 is 0. The normalized spacial score (nSPS) is 45.8. The molecule has 0 spiro atoms. The first-order chi connectivity index (χ1) is 5.15. The highest BCUT2D eigenvalue weighted by atomic mass is 16.6. The molecular weight excluding hydrogens is 152 g/mol. The molecule has 1 aliphatic heterocycles. The summed E-state index contributed by atoms with van der Waals surface area (Å²) < 4.78 is 4.71. The Hall–Kier alpha value is -0.200. The van der Waals surface area contributed by atoms with Gasteiger partial charge in [0.2, 0.25) is 0 Å². The minimum absolute atomic E-state index is 0.148.